The molecule has 254 valence electrons. The normalized spacial score (nSPS) is 11.0. The van der Waals surface area contributed by atoms with Gasteiger partial charge in [-0.25, -0.2) is 24.7 Å². The van der Waals surface area contributed by atoms with Crippen molar-refractivity contribution in [3.8, 4) is 0 Å². The van der Waals surface area contributed by atoms with E-state index in [-0.39, 0.29) is 36.1 Å². The Morgan fingerprint density at radius 2 is 1.04 bits per heavy atom. The Bertz CT molecular complexity index is 2200. The second-order valence-corrected chi connectivity index (χ2v) is 11.6. The largest absolute Gasteiger partial charge is 0.465 e. The average Bonchev–Trinajstić information content (AvgIpc) is 3.12. The van der Waals surface area contributed by atoms with Crippen molar-refractivity contribution in [3.05, 3.63) is 131 Å². The number of aliphatic hydroxyl groups is 1. The molecule has 2 amide bonds. The van der Waals surface area contributed by atoms with Crippen LogP contribution in [0.25, 0.3) is 22.1 Å². The maximum absolute atomic E-state index is 12.5. The molecule has 13 nitrogen and oxygen atoms in total. The Balaban J connectivity index is 0.000000194. The number of aromatic nitrogens is 4. The Hall–Kier alpha value is -6.47. The number of para-hydroxylation sites is 4. The van der Waals surface area contributed by atoms with E-state index in [9.17, 15) is 19.5 Å². The van der Waals surface area contributed by atoms with Gasteiger partial charge in [-0.2, -0.15) is 0 Å². The molecule has 50 heavy (non-hydrogen) atoms. The minimum atomic E-state index is -0.997. The van der Waals surface area contributed by atoms with Crippen molar-refractivity contribution in [1.82, 2.24) is 30.6 Å². The van der Waals surface area contributed by atoms with E-state index in [2.05, 4.69) is 30.6 Å². The zero-order valence-electron chi connectivity index (χ0n) is 27.7. The smallest absolute Gasteiger partial charge is 0.338 e. The highest BCUT2D eigenvalue weighted by Gasteiger charge is 2.21. The molecule has 0 saturated heterocycles. The number of esters is 1. The first-order valence-corrected chi connectivity index (χ1v) is 15.5. The highest BCUT2D eigenvalue weighted by atomic mass is 16.5. The summed E-state index contributed by atoms with van der Waals surface area (Å²) in [7, 11) is 1.31. The van der Waals surface area contributed by atoms with Gasteiger partial charge in [0.15, 0.2) is 23.0 Å². The van der Waals surface area contributed by atoms with Gasteiger partial charge in [-0.3, -0.25) is 9.59 Å². The van der Waals surface area contributed by atoms with Crippen LogP contribution < -0.4 is 22.1 Å². The number of benzene rings is 4. The molecule has 13 heteroatoms. The van der Waals surface area contributed by atoms with Gasteiger partial charge in [0.05, 0.1) is 40.3 Å². The zero-order valence-corrected chi connectivity index (χ0v) is 27.7. The highest BCUT2D eigenvalue weighted by molar-refractivity contribution is 5.99. The molecule has 7 N–H and O–H groups in total. The fourth-order valence-electron chi connectivity index (χ4n) is 5.13. The topological polar surface area (TPSA) is 208 Å². The number of carbonyl (C=O) groups is 3. The molecule has 0 fully saturated rings. The summed E-state index contributed by atoms with van der Waals surface area (Å²) in [6, 6.07) is 28.7. The SMILES string of the molecule is CC(C)(O)c1ccccc1CNC(=O)c1nc2ccccc2nc1N.COC(=O)c1ccccc1CNC(=O)c1nc2ccccc2nc1N. The monoisotopic (exact) mass is 672 g/mol. The Kier molecular flexibility index (Phi) is 10.6. The molecule has 6 rings (SSSR count). The van der Waals surface area contributed by atoms with Crippen LogP contribution in [0.4, 0.5) is 11.6 Å². The van der Waals surface area contributed by atoms with Gasteiger partial charge >= 0.3 is 5.97 Å². The number of methoxy groups -OCH3 is 1. The molecule has 0 aliphatic carbocycles. The number of anilines is 2. The number of nitrogens with one attached hydrogen (secondary N) is 2. The predicted molar refractivity (Wildman–Crippen MR) is 190 cm³/mol. The lowest BCUT2D eigenvalue weighted by Gasteiger charge is -2.21. The van der Waals surface area contributed by atoms with Crippen molar-refractivity contribution in [2.24, 2.45) is 0 Å². The van der Waals surface area contributed by atoms with Crippen LogP contribution in [0.15, 0.2) is 97.1 Å². The van der Waals surface area contributed by atoms with E-state index in [1.807, 2.05) is 48.5 Å². The third kappa shape index (κ3) is 8.14. The molecular weight excluding hydrogens is 636 g/mol. The van der Waals surface area contributed by atoms with Crippen LogP contribution in [-0.4, -0.2) is 49.9 Å². The third-order valence-corrected chi connectivity index (χ3v) is 7.60. The van der Waals surface area contributed by atoms with Gasteiger partial charge in [-0.1, -0.05) is 66.7 Å². The molecule has 0 aliphatic heterocycles. The molecule has 0 saturated carbocycles. The van der Waals surface area contributed by atoms with Crippen molar-refractivity contribution in [1.29, 1.82) is 0 Å². The fourth-order valence-corrected chi connectivity index (χ4v) is 5.13. The van der Waals surface area contributed by atoms with Crippen LogP contribution in [0.1, 0.15) is 61.9 Å². The van der Waals surface area contributed by atoms with E-state index in [1.54, 1.807) is 62.4 Å². The van der Waals surface area contributed by atoms with E-state index in [4.69, 9.17) is 16.2 Å². The Labute approximate surface area is 287 Å². The summed E-state index contributed by atoms with van der Waals surface area (Å²) in [5.41, 5.74) is 15.9. The standard InChI is InChI=1S/C19H20N4O2.C18H16N4O3/c1-19(2,25)13-8-4-3-7-12(13)11-21-18(24)16-17(20)23-15-10-6-5-9-14(15)22-16;1-25-18(24)12-7-3-2-6-11(12)10-20-17(23)15-16(19)22-14-9-5-4-8-13(14)21-15/h3-10,25H,11H2,1-2H3,(H2,20,23)(H,21,24);2-9H,10H2,1H3,(H2,19,22)(H,20,23). The number of hydrogen-bond donors (Lipinski definition) is 5. The fraction of sp³-hybridized carbons (Fsp3) is 0.162. The first-order valence-electron chi connectivity index (χ1n) is 15.5. The van der Waals surface area contributed by atoms with Gasteiger partial charge < -0.3 is 31.9 Å². The first-order chi connectivity index (χ1) is 24.0. The van der Waals surface area contributed by atoms with Crippen molar-refractivity contribution in [3.63, 3.8) is 0 Å². The number of amides is 2. The second kappa shape index (κ2) is 15.2. The van der Waals surface area contributed by atoms with Crippen molar-refractivity contribution in [2.75, 3.05) is 18.6 Å². The molecule has 4 aromatic carbocycles. The van der Waals surface area contributed by atoms with E-state index in [0.717, 1.165) is 11.1 Å². The van der Waals surface area contributed by atoms with Gasteiger partial charge in [0.1, 0.15) is 0 Å². The lowest BCUT2D eigenvalue weighted by Crippen LogP contribution is -2.27. The number of hydrogen-bond acceptors (Lipinski definition) is 11. The first kappa shape index (κ1) is 34.9. The number of nitrogen functional groups attached to an aromatic ring is 2. The van der Waals surface area contributed by atoms with Crippen molar-refractivity contribution in [2.45, 2.75) is 32.5 Å². The lowest BCUT2D eigenvalue weighted by molar-refractivity contribution is 0.0598. The third-order valence-electron chi connectivity index (χ3n) is 7.60. The van der Waals surface area contributed by atoms with Crippen LogP contribution in [0.3, 0.4) is 0 Å². The number of rotatable bonds is 8. The number of nitrogens with two attached hydrogens (primary N) is 2. The molecule has 0 atom stereocenters. The van der Waals surface area contributed by atoms with Crippen LogP contribution in [0.5, 0.6) is 0 Å². The predicted octanol–water partition coefficient (Wildman–Crippen LogP) is 4.30. The van der Waals surface area contributed by atoms with Crippen LogP contribution in [-0.2, 0) is 23.4 Å². The molecule has 0 radical (unpaired) electrons. The van der Waals surface area contributed by atoms with E-state index >= 15 is 0 Å². The summed E-state index contributed by atoms with van der Waals surface area (Å²) in [4.78, 5) is 53.7. The maximum atomic E-state index is 12.5. The highest BCUT2D eigenvalue weighted by Crippen LogP contribution is 2.24. The summed E-state index contributed by atoms with van der Waals surface area (Å²) in [6.07, 6.45) is 0. The Morgan fingerprint density at radius 1 is 0.640 bits per heavy atom. The molecule has 2 heterocycles. The van der Waals surface area contributed by atoms with E-state index < -0.39 is 23.4 Å². The molecular formula is C37H36N8O5. The quantitative estimate of drug-likeness (QED) is 0.144. The van der Waals surface area contributed by atoms with Gasteiger partial charge in [-0.05, 0) is 60.9 Å². The molecule has 2 aromatic heterocycles. The molecule has 0 spiro atoms. The van der Waals surface area contributed by atoms with Gasteiger partial charge in [-0.15, -0.1) is 0 Å². The second-order valence-electron chi connectivity index (χ2n) is 11.6. The lowest BCUT2D eigenvalue weighted by atomic mass is 9.93. The van der Waals surface area contributed by atoms with Gasteiger partial charge in [0.25, 0.3) is 11.8 Å². The summed E-state index contributed by atoms with van der Waals surface area (Å²) in [6.45, 7) is 3.81. The van der Waals surface area contributed by atoms with E-state index in [1.165, 1.54) is 7.11 Å². The number of nitrogens with zero attached hydrogens (tertiary/aromatic N) is 4. The molecule has 6 aromatic rings. The number of fused-ring (bicyclic) bond motifs is 2. The number of ether oxygens (including phenoxy) is 1. The summed E-state index contributed by atoms with van der Waals surface area (Å²) < 4.78 is 4.74. The number of carbonyl (C=O) groups excluding carboxylic acids is 3. The molecule has 0 bridgehead atoms. The van der Waals surface area contributed by atoms with Crippen LogP contribution in [0, 0.1) is 0 Å². The van der Waals surface area contributed by atoms with Crippen LogP contribution >= 0.6 is 0 Å². The summed E-state index contributed by atoms with van der Waals surface area (Å²) in [5.74, 6) is -1.18. The van der Waals surface area contributed by atoms with E-state index in [0.29, 0.717) is 33.2 Å². The summed E-state index contributed by atoms with van der Waals surface area (Å²) >= 11 is 0. The summed E-state index contributed by atoms with van der Waals surface area (Å²) in [5, 5.41) is 15.8. The zero-order chi connectivity index (χ0) is 35.8. The molecule has 0 aliphatic rings. The maximum Gasteiger partial charge on any atom is 0.338 e. The van der Waals surface area contributed by atoms with Crippen molar-refractivity contribution < 1.29 is 24.2 Å². The van der Waals surface area contributed by atoms with Gasteiger partial charge in [0.2, 0.25) is 0 Å². The van der Waals surface area contributed by atoms with Crippen molar-refractivity contribution >= 4 is 51.5 Å². The Morgan fingerprint density at radius 3 is 1.52 bits per heavy atom. The minimum absolute atomic E-state index is 0.0502. The van der Waals surface area contributed by atoms with Crippen LogP contribution in [0.2, 0.25) is 0 Å². The average molecular weight is 673 g/mol. The minimum Gasteiger partial charge on any atom is -0.465 e. The molecule has 0 unspecified atom stereocenters. The van der Waals surface area contributed by atoms with Gasteiger partial charge in [0, 0.05) is 13.1 Å².